The lowest BCUT2D eigenvalue weighted by Gasteiger charge is -2.23. The van der Waals surface area contributed by atoms with Crippen molar-refractivity contribution < 1.29 is 10.0 Å². The summed E-state index contributed by atoms with van der Waals surface area (Å²) in [6.07, 6.45) is 3.24. The number of hydrogen-bond donors (Lipinski definition) is 2. The highest BCUT2D eigenvalue weighted by Gasteiger charge is 2.10. The van der Waals surface area contributed by atoms with Crippen LogP contribution >= 0.6 is 0 Å². The number of aliphatic hydroxyl groups excluding tert-OH is 1. The minimum Gasteiger partial charge on any atom is -0.402 e. The molecule has 0 spiro atoms. The third kappa shape index (κ3) is 5.49. The van der Waals surface area contributed by atoms with Crippen LogP contribution in [0.4, 0.5) is 0 Å². The van der Waals surface area contributed by atoms with Crippen LogP contribution < -0.4 is 5.73 Å². The maximum absolute atomic E-state index is 10.6. The van der Waals surface area contributed by atoms with E-state index >= 15 is 0 Å². The topological polar surface area (TPSA) is 92.6 Å². The lowest BCUT2D eigenvalue weighted by atomic mass is 10.1. The molecule has 102 valence electrons. The molecule has 0 bridgehead atoms. The Balaban J connectivity index is 5.21. The molecule has 3 N–H and O–H groups in total. The van der Waals surface area contributed by atoms with Gasteiger partial charge in [0.05, 0.1) is 6.61 Å². The lowest BCUT2D eigenvalue weighted by molar-refractivity contribution is -0.470. The van der Waals surface area contributed by atoms with E-state index in [9.17, 15) is 10.1 Å². The van der Waals surface area contributed by atoms with E-state index in [2.05, 4.69) is 6.58 Å². The molecule has 18 heavy (non-hydrogen) atoms. The lowest BCUT2D eigenvalue weighted by Crippen LogP contribution is -2.25. The van der Waals surface area contributed by atoms with Gasteiger partial charge in [-0.05, 0) is 26.0 Å². The van der Waals surface area contributed by atoms with Crippen molar-refractivity contribution in [2.75, 3.05) is 26.2 Å². The predicted octanol–water partition coefficient (Wildman–Crippen LogP) is 0.880. The molecule has 0 atom stereocenters. The van der Waals surface area contributed by atoms with Gasteiger partial charge in [0.1, 0.15) is 0 Å². The van der Waals surface area contributed by atoms with Crippen LogP contribution in [0.25, 0.3) is 0 Å². The number of rotatable bonds is 8. The summed E-state index contributed by atoms with van der Waals surface area (Å²) in [4.78, 5) is 12.0. The van der Waals surface area contributed by atoms with E-state index in [1.807, 2.05) is 11.8 Å². The molecule has 0 rings (SSSR count). The first-order valence-electron chi connectivity index (χ1n) is 5.73. The molecule has 0 aromatic heterocycles. The average Bonchev–Trinajstić information content (AvgIpc) is 2.31. The Morgan fingerprint density at radius 2 is 2.22 bits per heavy atom. The first kappa shape index (κ1) is 16.2. The molecule has 0 unspecified atom stereocenters. The molecule has 0 saturated carbocycles. The number of nitrogens with two attached hydrogens (primary N) is 1. The molecule has 0 aromatic rings. The van der Waals surface area contributed by atoms with Crippen molar-refractivity contribution in [3.8, 4) is 0 Å². The minimum absolute atomic E-state index is 0.00884. The Labute approximate surface area is 107 Å². The fourth-order valence-corrected chi connectivity index (χ4v) is 1.47. The van der Waals surface area contributed by atoms with E-state index in [0.29, 0.717) is 30.1 Å². The van der Waals surface area contributed by atoms with Crippen molar-refractivity contribution in [3.05, 3.63) is 45.8 Å². The molecule has 0 amide bonds. The summed E-state index contributed by atoms with van der Waals surface area (Å²) >= 11 is 0. The van der Waals surface area contributed by atoms with Crippen LogP contribution in [-0.4, -0.2) is 41.2 Å². The van der Waals surface area contributed by atoms with E-state index in [4.69, 9.17) is 10.8 Å². The molecule has 0 fully saturated rings. The summed E-state index contributed by atoms with van der Waals surface area (Å²) in [6, 6.07) is 0. The average molecular weight is 255 g/mol. The first-order valence-corrected chi connectivity index (χ1v) is 5.73. The first-order chi connectivity index (χ1) is 8.46. The molecule has 0 radical (unpaired) electrons. The smallest absolute Gasteiger partial charge is 0.230 e. The van der Waals surface area contributed by atoms with Gasteiger partial charge in [-0.15, -0.1) is 0 Å². The third-order valence-electron chi connectivity index (χ3n) is 2.45. The zero-order valence-electron chi connectivity index (χ0n) is 10.9. The number of nitro groups is 1. The Bertz CT molecular complexity index is 358. The fourth-order valence-electron chi connectivity index (χ4n) is 1.47. The number of likely N-dealkylation sites (N-methyl/N-ethyl adjacent to an activating group) is 1. The van der Waals surface area contributed by atoms with Crippen molar-refractivity contribution in [1.29, 1.82) is 0 Å². The zero-order chi connectivity index (χ0) is 14.1. The zero-order valence-corrected chi connectivity index (χ0v) is 10.9. The maximum Gasteiger partial charge on any atom is 0.230 e. The Hall–Kier alpha value is -1.82. The van der Waals surface area contributed by atoms with Gasteiger partial charge in [-0.1, -0.05) is 6.58 Å². The number of nitrogens with zero attached hydrogens (tertiary/aromatic N) is 2. The molecule has 0 aromatic carbocycles. The normalized spacial score (nSPS) is 12.9. The van der Waals surface area contributed by atoms with E-state index < -0.39 is 4.92 Å². The second-order valence-corrected chi connectivity index (χ2v) is 3.78. The van der Waals surface area contributed by atoms with Gasteiger partial charge in [0.25, 0.3) is 0 Å². The van der Waals surface area contributed by atoms with Crippen molar-refractivity contribution in [2.45, 2.75) is 13.8 Å². The Morgan fingerprint density at radius 3 is 2.56 bits per heavy atom. The molecule has 0 saturated heterocycles. The van der Waals surface area contributed by atoms with Crippen LogP contribution in [0.3, 0.4) is 0 Å². The number of allylic oxidation sites excluding steroid dienone is 2. The molecule has 0 heterocycles. The number of aliphatic hydroxyl groups is 1. The Kier molecular flexibility index (Phi) is 7.46. The maximum atomic E-state index is 10.6. The molecule has 0 aliphatic carbocycles. The quantitative estimate of drug-likeness (QED) is 0.381. The van der Waals surface area contributed by atoms with Crippen LogP contribution in [0.15, 0.2) is 35.7 Å². The molecule has 0 aliphatic heterocycles. The Morgan fingerprint density at radius 1 is 1.61 bits per heavy atom. The molecule has 0 aliphatic rings. The summed E-state index contributed by atoms with van der Waals surface area (Å²) in [5.74, 6) is 0. The highest BCUT2D eigenvalue weighted by atomic mass is 16.6. The van der Waals surface area contributed by atoms with Gasteiger partial charge in [0, 0.05) is 35.0 Å². The van der Waals surface area contributed by atoms with Gasteiger partial charge < -0.3 is 15.7 Å². The minimum atomic E-state index is -0.425. The van der Waals surface area contributed by atoms with Crippen LogP contribution in [0.1, 0.15) is 13.8 Å². The third-order valence-corrected chi connectivity index (χ3v) is 2.45. The van der Waals surface area contributed by atoms with Crippen LogP contribution in [-0.2, 0) is 0 Å². The SMILES string of the molecule is C=C/C(=C\C(C[N+](=O)[O-])=C(/C)N)N(CC)CCO. The summed E-state index contributed by atoms with van der Waals surface area (Å²) in [5.41, 5.74) is 7.21. The molecular weight excluding hydrogens is 234 g/mol. The largest absolute Gasteiger partial charge is 0.402 e. The predicted molar refractivity (Wildman–Crippen MR) is 71.4 cm³/mol. The highest BCUT2D eigenvalue weighted by Crippen LogP contribution is 2.11. The van der Waals surface area contributed by atoms with Crippen molar-refractivity contribution >= 4 is 0 Å². The van der Waals surface area contributed by atoms with Gasteiger partial charge in [0.2, 0.25) is 6.54 Å². The van der Waals surface area contributed by atoms with E-state index in [1.165, 1.54) is 0 Å². The monoisotopic (exact) mass is 255 g/mol. The molecule has 6 nitrogen and oxygen atoms in total. The van der Waals surface area contributed by atoms with Crippen LogP contribution in [0, 0.1) is 10.1 Å². The summed E-state index contributed by atoms with van der Waals surface area (Å²) < 4.78 is 0. The van der Waals surface area contributed by atoms with Gasteiger partial charge >= 0.3 is 0 Å². The second kappa shape index (κ2) is 8.30. The van der Waals surface area contributed by atoms with Crippen molar-refractivity contribution in [1.82, 2.24) is 4.90 Å². The van der Waals surface area contributed by atoms with E-state index in [-0.39, 0.29) is 13.2 Å². The van der Waals surface area contributed by atoms with Gasteiger partial charge in [-0.25, -0.2) is 0 Å². The molecule has 6 heteroatoms. The number of hydrogen-bond acceptors (Lipinski definition) is 5. The summed E-state index contributed by atoms with van der Waals surface area (Å²) in [6.45, 7) is 8.04. The highest BCUT2D eigenvalue weighted by molar-refractivity contribution is 5.31. The molecular formula is C12H21N3O3. The van der Waals surface area contributed by atoms with Gasteiger partial charge in [-0.2, -0.15) is 0 Å². The van der Waals surface area contributed by atoms with Gasteiger partial charge in [-0.3, -0.25) is 10.1 Å². The van der Waals surface area contributed by atoms with Crippen LogP contribution in [0.2, 0.25) is 0 Å². The van der Waals surface area contributed by atoms with Crippen LogP contribution in [0.5, 0.6) is 0 Å². The van der Waals surface area contributed by atoms with Crippen molar-refractivity contribution in [2.24, 2.45) is 5.73 Å². The van der Waals surface area contributed by atoms with E-state index in [1.54, 1.807) is 19.1 Å². The van der Waals surface area contributed by atoms with Crippen molar-refractivity contribution in [3.63, 3.8) is 0 Å². The summed E-state index contributed by atoms with van der Waals surface area (Å²) in [7, 11) is 0. The van der Waals surface area contributed by atoms with Gasteiger partial charge in [0.15, 0.2) is 0 Å². The standard InChI is InChI=1S/C12H21N3O3/c1-4-12(14(5-2)6-7-16)8-11(10(3)13)9-15(17)18/h4,8,16H,1,5-7,9,13H2,2-3H3/b11-10-,12-8+. The summed E-state index contributed by atoms with van der Waals surface area (Å²) in [5, 5.41) is 19.5. The van der Waals surface area contributed by atoms with E-state index in [0.717, 1.165) is 0 Å². The fraction of sp³-hybridized carbons (Fsp3) is 0.500. The second-order valence-electron chi connectivity index (χ2n) is 3.78.